The minimum absolute atomic E-state index is 0.0936. The lowest BCUT2D eigenvalue weighted by atomic mass is 9.75. The maximum atomic E-state index is 14.6. The lowest BCUT2D eigenvalue weighted by Crippen LogP contribution is -2.64. The number of rotatable bonds is 13. The summed E-state index contributed by atoms with van der Waals surface area (Å²) in [7, 11) is 1.62. The van der Waals surface area contributed by atoms with E-state index in [4.69, 9.17) is 11.5 Å². The maximum absolute atomic E-state index is 14.6. The zero-order valence-corrected chi connectivity index (χ0v) is 26.2. The molecule has 0 aliphatic carbocycles. The average molecular weight is 598 g/mol. The van der Waals surface area contributed by atoms with Gasteiger partial charge in [0.05, 0.1) is 17.5 Å². The van der Waals surface area contributed by atoms with Crippen LogP contribution in [0.5, 0.6) is 0 Å². The minimum atomic E-state index is -1.58. The summed E-state index contributed by atoms with van der Waals surface area (Å²) in [5.74, 6) is -1.84. The molecule has 8 heteroatoms. The van der Waals surface area contributed by atoms with Gasteiger partial charge in [0, 0.05) is 32.6 Å². The molecule has 3 aromatic rings. The monoisotopic (exact) mass is 597 g/mol. The van der Waals surface area contributed by atoms with Crippen molar-refractivity contribution in [3.05, 3.63) is 96.1 Å². The van der Waals surface area contributed by atoms with E-state index in [9.17, 15) is 14.4 Å². The van der Waals surface area contributed by atoms with Crippen molar-refractivity contribution in [2.24, 2.45) is 17.4 Å². The number of Topliss-reactive ketones (excluding diaryl/α,β-unsaturated/α-hetero) is 1. The third-order valence-electron chi connectivity index (χ3n) is 8.61. The second-order valence-electron chi connectivity index (χ2n) is 12.4. The van der Waals surface area contributed by atoms with E-state index in [-0.39, 0.29) is 36.5 Å². The predicted molar refractivity (Wildman–Crippen MR) is 176 cm³/mol. The first-order valence-corrected chi connectivity index (χ1v) is 15.7. The highest BCUT2D eigenvalue weighted by molar-refractivity contribution is 6.01. The van der Waals surface area contributed by atoms with Crippen LogP contribution in [0.2, 0.25) is 0 Å². The van der Waals surface area contributed by atoms with Gasteiger partial charge in [-0.3, -0.25) is 19.8 Å². The van der Waals surface area contributed by atoms with Crippen molar-refractivity contribution in [3.63, 3.8) is 0 Å². The summed E-state index contributed by atoms with van der Waals surface area (Å²) >= 11 is 0. The normalized spacial score (nSPS) is 17.5. The van der Waals surface area contributed by atoms with Gasteiger partial charge in [0.2, 0.25) is 11.8 Å². The van der Waals surface area contributed by atoms with Gasteiger partial charge in [-0.1, -0.05) is 85.3 Å². The molecule has 8 nitrogen and oxygen atoms in total. The summed E-state index contributed by atoms with van der Waals surface area (Å²) in [4.78, 5) is 43.4. The number of likely N-dealkylation sites (N-methyl/N-ethyl adjacent to an activating group) is 1. The predicted octanol–water partition coefficient (Wildman–Crippen LogP) is 4.17. The molecule has 44 heavy (non-hydrogen) atoms. The molecule has 1 fully saturated rings. The molecule has 3 aromatic carbocycles. The Bertz CT molecular complexity index is 1450. The SMILES string of the molecule is CC(N)C/C=C/C(=O)N(C)[C@H](Cc1ccc2ccccc2c1)C(=O)C(C)(N)[C@H](Cc1ccccc1)C(=O)NN1CCCCC1. The Balaban J connectivity index is 1.68. The van der Waals surface area contributed by atoms with Crippen LogP contribution in [0.1, 0.15) is 50.7 Å². The Hall–Kier alpha value is -3.85. The molecule has 1 aliphatic heterocycles. The standard InChI is InChI=1S/C36H47N5O3/c1-26(37)13-12-18-33(42)40(3)32(25-28-19-20-29-16-8-9-17-30(29)23-28)34(43)36(2,38)31(24-27-14-6-4-7-15-27)35(44)39-41-21-10-5-11-22-41/h4,6-9,12,14-20,23,26,31-32H,5,10-11,13,21-22,24-25,37-38H2,1-3H3,(H,39,44)/b18-12+/t26?,31-,32-,36?/m1/s1. The number of amides is 2. The zero-order chi connectivity index (χ0) is 31.7. The highest BCUT2D eigenvalue weighted by Gasteiger charge is 2.46. The van der Waals surface area contributed by atoms with Crippen molar-refractivity contribution in [2.75, 3.05) is 20.1 Å². The van der Waals surface area contributed by atoms with Crippen LogP contribution in [0.15, 0.2) is 84.9 Å². The number of hydrazine groups is 1. The Morgan fingerprint density at radius 3 is 2.27 bits per heavy atom. The van der Waals surface area contributed by atoms with Crippen LogP contribution in [-0.4, -0.2) is 65.3 Å². The Labute approximate surface area is 261 Å². The fourth-order valence-corrected chi connectivity index (χ4v) is 5.85. The molecule has 0 bridgehead atoms. The zero-order valence-electron chi connectivity index (χ0n) is 26.2. The molecule has 2 amide bonds. The maximum Gasteiger partial charge on any atom is 0.246 e. The van der Waals surface area contributed by atoms with Crippen LogP contribution < -0.4 is 16.9 Å². The van der Waals surface area contributed by atoms with Crippen molar-refractivity contribution < 1.29 is 14.4 Å². The first-order valence-electron chi connectivity index (χ1n) is 15.7. The molecule has 1 heterocycles. The van der Waals surface area contributed by atoms with Gasteiger partial charge in [-0.15, -0.1) is 0 Å². The first kappa shape index (κ1) is 33.1. The first-order chi connectivity index (χ1) is 21.1. The molecule has 0 saturated carbocycles. The summed E-state index contributed by atoms with van der Waals surface area (Å²) in [6.07, 6.45) is 7.39. The van der Waals surface area contributed by atoms with E-state index < -0.39 is 17.5 Å². The smallest absolute Gasteiger partial charge is 0.246 e. The molecule has 0 aromatic heterocycles. The van der Waals surface area contributed by atoms with Crippen LogP contribution in [0.4, 0.5) is 0 Å². The van der Waals surface area contributed by atoms with Gasteiger partial charge in [-0.25, -0.2) is 5.01 Å². The van der Waals surface area contributed by atoms with Crippen LogP contribution in [0.25, 0.3) is 10.8 Å². The number of hydrogen-bond acceptors (Lipinski definition) is 6. The van der Waals surface area contributed by atoms with Gasteiger partial charge in [0.1, 0.15) is 0 Å². The molecule has 0 radical (unpaired) electrons. The number of nitrogens with one attached hydrogen (secondary N) is 1. The fourth-order valence-electron chi connectivity index (χ4n) is 5.85. The molecule has 4 rings (SSSR count). The van der Waals surface area contributed by atoms with E-state index in [0.29, 0.717) is 6.42 Å². The molecule has 0 spiro atoms. The van der Waals surface area contributed by atoms with Crippen molar-refractivity contribution in [1.29, 1.82) is 0 Å². The van der Waals surface area contributed by atoms with Gasteiger partial charge in [0.15, 0.2) is 5.78 Å². The number of fused-ring (bicyclic) bond motifs is 1. The van der Waals surface area contributed by atoms with Crippen molar-refractivity contribution in [1.82, 2.24) is 15.3 Å². The topological polar surface area (TPSA) is 122 Å². The van der Waals surface area contributed by atoms with Crippen LogP contribution in [-0.2, 0) is 27.2 Å². The van der Waals surface area contributed by atoms with Gasteiger partial charge in [-0.2, -0.15) is 0 Å². The minimum Gasteiger partial charge on any atom is -0.332 e. The molecule has 1 saturated heterocycles. The Kier molecular flexibility index (Phi) is 11.4. The summed E-state index contributed by atoms with van der Waals surface area (Å²) < 4.78 is 0. The molecule has 5 N–H and O–H groups in total. The highest BCUT2D eigenvalue weighted by atomic mass is 16.2. The molecule has 234 valence electrons. The number of hydrogen-bond donors (Lipinski definition) is 3. The molecule has 2 unspecified atom stereocenters. The molecular weight excluding hydrogens is 550 g/mol. The molecule has 1 aliphatic rings. The van der Waals surface area contributed by atoms with E-state index in [1.165, 1.54) is 11.0 Å². The lowest BCUT2D eigenvalue weighted by molar-refractivity contribution is -0.142. The molecular formula is C36H47N5O3. The number of benzene rings is 3. The Morgan fingerprint density at radius 2 is 1.59 bits per heavy atom. The van der Waals surface area contributed by atoms with Crippen LogP contribution in [0, 0.1) is 5.92 Å². The van der Waals surface area contributed by atoms with E-state index >= 15 is 0 Å². The molecule has 4 atom stereocenters. The quantitative estimate of drug-likeness (QED) is 0.255. The number of piperidine rings is 1. The second kappa shape index (κ2) is 15.2. The number of nitrogens with zero attached hydrogens (tertiary/aromatic N) is 2. The summed E-state index contributed by atoms with van der Waals surface area (Å²) in [5, 5.41) is 4.05. The third-order valence-corrected chi connectivity index (χ3v) is 8.61. The number of carbonyl (C=O) groups is 3. The average Bonchev–Trinajstić information content (AvgIpc) is 3.02. The van der Waals surface area contributed by atoms with Gasteiger partial charge in [0.25, 0.3) is 0 Å². The number of ketones is 1. The summed E-state index contributed by atoms with van der Waals surface area (Å²) in [6, 6.07) is 22.7. The number of nitrogens with two attached hydrogens (primary N) is 2. The van der Waals surface area contributed by atoms with Crippen molar-refractivity contribution in [2.45, 2.75) is 70.0 Å². The van der Waals surface area contributed by atoms with Crippen molar-refractivity contribution in [3.8, 4) is 0 Å². The Morgan fingerprint density at radius 1 is 0.932 bits per heavy atom. The van der Waals surface area contributed by atoms with E-state index in [1.807, 2.05) is 84.7 Å². The van der Waals surface area contributed by atoms with Gasteiger partial charge < -0.3 is 16.4 Å². The van der Waals surface area contributed by atoms with E-state index in [1.54, 1.807) is 20.0 Å². The number of carbonyl (C=O) groups excluding carboxylic acids is 3. The largest absolute Gasteiger partial charge is 0.332 e. The third kappa shape index (κ3) is 8.62. The van der Waals surface area contributed by atoms with Crippen LogP contribution in [0.3, 0.4) is 0 Å². The van der Waals surface area contributed by atoms with Crippen LogP contribution >= 0.6 is 0 Å². The summed E-state index contributed by atoms with van der Waals surface area (Å²) in [5.41, 5.74) is 16.1. The summed E-state index contributed by atoms with van der Waals surface area (Å²) in [6.45, 7) is 5.02. The lowest BCUT2D eigenvalue weighted by Gasteiger charge is -2.39. The van der Waals surface area contributed by atoms with E-state index in [0.717, 1.165) is 54.3 Å². The van der Waals surface area contributed by atoms with Crippen molar-refractivity contribution >= 4 is 28.4 Å². The fraction of sp³-hybridized carbons (Fsp3) is 0.417. The van der Waals surface area contributed by atoms with E-state index in [2.05, 4.69) is 5.43 Å². The van der Waals surface area contributed by atoms with Gasteiger partial charge >= 0.3 is 0 Å². The highest BCUT2D eigenvalue weighted by Crippen LogP contribution is 2.27. The second-order valence-corrected chi connectivity index (χ2v) is 12.4. The van der Waals surface area contributed by atoms with Gasteiger partial charge in [-0.05, 0) is 67.5 Å².